The average Bonchev–Trinajstić information content (AvgIpc) is 2.90. The summed E-state index contributed by atoms with van der Waals surface area (Å²) in [4.78, 5) is 35.3. The van der Waals surface area contributed by atoms with Crippen molar-refractivity contribution in [3.8, 4) is 0 Å². The van der Waals surface area contributed by atoms with Crippen LogP contribution in [0, 0.1) is 10.1 Å². The summed E-state index contributed by atoms with van der Waals surface area (Å²) in [5.41, 5.74) is 0.990. The van der Waals surface area contributed by atoms with E-state index >= 15 is 0 Å². The van der Waals surface area contributed by atoms with Gasteiger partial charge in [-0.1, -0.05) is 30.3 Å². The van der Waals surface area contributed by atoms with Crippen molar-refractivity contribution in [3.63, 3.8) is 0 Å². The Morgan fingerprint density at radius 1 is 1.04 bits per heavy atom. The Hall–Kier alpha value is -3.28. The number of aromatic nitrogens is 1. The summed E-state index contributed by atoms with van der Waals surface area (Å²) in [7, 11) is 1.72. The smallest absolute Gasteiger partial charge is 0.270 e. The van der Waals surface area contributed by atoms with Gasteiger partial charge in [0.15, 0.2) is 0 Å². The lowest BCUT2D eigenvalue weighted by Gasteiger charge is -1.99. The van der Waals surface area contributed by atoms with Gasteiger partial charge in [-0.15, -0.1) is 0 Å². The molecule has 1 aromatic heterocycles. The molecule has 6 nitrogen and oxygen atoms in total. The van der Waals surface area contributed by atoms with Crippen molar-refractivity contribution in [1.29, 1.82) is 0 Å². The molecule has 6 heteroatoms. The van der Waals surface area contributed by atoms with Crippen LogP contribution in [0.15, 0.2) is 54.7 Å². The number of aryl methyl sites for hydroxylation is 1. The van der Waals surface area contributed by atoms with Gasteiger partial charge in [-0.3, -0.25) is 19.7 Å². The Morgan fingerprint density at radius 3 is 2.39 bits per heavy atom. The number of rotatable bonds is 4. The van der Waals surface area contributed by atoms with Crippen LogP contribution in [-0.4, -0.2) is 21.1 Å². The van der Waals surface area contributed by atoms with E-state index in [2.05, 4.69) is 0 Å². The van der Waals surface area contributed by atoms with Crippen molar-refractivity contribution < 1.29 is 14.5 Å². The molecule has 0 fully saturated rings. The molecule has 0 N–H and O–H groups in total. The predicted octanol–water partition coefficient (Wildman–Crippen LogP) is 3.15. The highest BCUT2D eigenvalue weighted by Crippen LogP contribution is 2.26. The molecule has 1 heterocycles. The number of carbonyl (C=O) groups excluding carboxylic acids is 2. The van der Waals surface area contributed by atoms with Crippen LogP contribution in [0.25, 0.3) is 10.9 Å². The molecular formula is C17H12N2O4. The second-order valence-corrected chi connectivity index (χ2v) is 5.14. The quantitative estimate of drug-likeness (QED) is 0.321. The normalized spacial score (nSPS) is 10.7. The summed E-state index contributed by atoms with van der Waals surface area (Å²) < 4.78 is 1.67. The molecule has 23 heavy (non-hydrogen) atoms. The van der Waals surface area contributed by atoms with Gasteiger partial charge in [-0.2, -0.15) is 0 Å². The zero-order valence-electron chi connectivity index (χ0n) is 12.2. The number of Topliss-reactive ketones (excluding diaryl/α,β-unsaturated/α-hetero) is 2. The van der Waals surface area contributed by atoms with Gasteiger partial charge in [0.2, 0.25) is 11.6 Å². The molecule has 2 aromatic carbocycles. The van der Waals surface area contributed by atoms with E-state index in [1.54, 1.807) is 48.0 Å². The summed E-state index contributed by atoms with van der Waals surface area (Å²) in [5.74, 6) is -1.31. The first kappa shape index (κ1) is 14.6. The minimum Gasteiger partial charge on any atom is -0.350 e. The van der Waals surface area contributed by atoms with Gasteiger partial charge in [0, 0.05) is 41.8 Å². The van der Waals surface area contributed by atoms with E-state index in [0.717, 1.165) is 0 Å². The Balaban J connectivity index is 2.12. The molecule has 0 bridgehead atoms. The van der Waals surface area contributed by atoms with Crippen LogP contribution in [0.3, 0.4) is 0 Å². The van der Waals surface area contributed by atoms with Crippen molar-refractivity contribution in [2.45, 2.75) is 0 Å². The van der Waals surface area contributed by atoms with Crippen LogP contribution >= 0.6 is 0 Å². The van der Waals surface area contributed by atoms with Crippen molar-refractivity contribution in [2.75, 3.05) is 0 Å². The van der Waals surface area contributed by atoms with Crippen molar-refractivity contribution in [2.24, 2.45) is 7.05 Å². The number of nitrogens with zero attached hydrogens (tertiary/aromatic N) is 2. The van der Waals surface area contributed by atoms with E-state index in [9.17, 15) is 19.7 Å². The van der Waals surface area contributed by atoms with E-state index in [0.29, 0.717) is 16.5 Å². The number of benzene rings is 2. The second-order valence-electron chi connectivity index (χ2n) is 5.14. The van der Waals surface area contributed by atoms with Crippen LogP contribution in [0.1, 0.15) is 20.7 Å². The van der Waals surface area contributed by atoms with Gasteiger partial charge < -0.3 is 4.57 Å². The molecule has 3 rings (SSSR count). The minimum absolute atomic E-state index is 0.120. The zero-order chi connectivity index (χ0) is 16.6. The first-order chi connectivity index (χ1) is 11.0. The Kier molecular flexibility index (Phi) is 3.50. The molecule has 0 spiro atoms. The third kappa shape index (κ3) is 2.50. The lowest BCUT2D eigenvalue weighted by molar-refractivity contribution is -0.384. The number of carbonyl (C=O) groups is 2. The molecule has 0 radical (unpaired) electrons. The second kappa shape index (κ2) is 5.49. The largest absolute Gasteiger partial charge is 0.350 e. The summed E-state index contributed by atoms with van der Waals surface area (Å²) in [6.45, 7) is 0. The fraction of sp³-hybridized carbons (Fsp3) is 0.0588. The maximum Gasteiger partial charge on any atom is 0.270 e. The van der Waals surface area contributed by atoms with E-state index in [-0.39, 0.29) is 11.3 Å². The number of fused-ring (bicyclic) bond motifs is 1. The fourth-order valence-electron chi connectivity index (χ4n) is 2.52. The summed E-state index contributed by atoms with van der Waals surface area (Å²) in [6.07, 6.45) is 1.53. The van der Waals surface area contributed by atoms with E-state index in [4.69, 9.17) is 0 Å². The van der Waals surface area contributed by atoms with Gasteiger partial charge in [0.25, 0.3) is 5.69 Å². The minimum atomic E-state index is -0.678. The number of nitro groups is 1. The third-order valence-electron chi connectivity index (χ3n) is 3.67. The number of hydrogen-bond donors (Lipinski definition) is 0. The highest BCUT2D eigenvalue weighted by Gasteiger charge is 2.23. The Morgan fingerprint density at radius 2 is 1.74 bits per heavy atom. The first-order valence-corrected chi connectivity index (χ1v) is 6.86. The van der Waals surface area contributed by atoms with Gasteiger partial charge in [0.1, 0.15) is 0 Å². The lowest BCUT2D eigenvalue weighted by Crippen LogP contribution is -2.14. The van der Waals surface area contributed by atoms with E-state index < -0.39 is 16.5 Å². The highest BCUT2D eigenvalue weighted by atomic mass is 16.6. The molecule has 0 saturated carbocycles. The van der Waals surface area contributed by atoms with Crippen LogP contribution < -0.4 is 0 Å². The maximum atomic E-state index is 12.5. The van der Waals surface area contributed by atoms with E-state index in [1.807, 2.05) is 0 Å². The molecular weight excluding hydrogens is 296 g/mol. The van der Waals surface area contributed by atoms with E-state index in [1.165, 1.54) is 18.3 Å². The molecule has 0 aliphatic heterocycles. The topological polar surface area (TPSA) is 82.2 Å². The standard InChI is InChI=1S/C17H12N2O4/c1-18-10-14(13-9-12(19(22)23)7-8-15(13)18)17(21)16(20)11-5-3-2-4-6-11/h2-10H,1H3. The van der Waals surface area contributed by atoms with Crippen LogP contribution in [-0.2, 0) is 7.05 Å². The van der Waals surface area contributed by atoms with Crippen molar-refractivity contribution >= 4 is 28.2 Å². The number of hydrogen-bond acceptors (Lipinski definition) is 4. The molecule has 114 valence electrons. The summed E-state index contributed by atoms with van der Waals surface area (Å²) >= 11 is 0. The molecule has 0 amide bonds. The Bertz CT molecular complexity index is 942. The zero-order valence-corrected chi connectivity index (χ0v) is 12.2. The maximum absolute atomic E-state index is 12.5. The fourth-order valence-corrected chi connectivity index (χ4v) is 2.52. The third-order valence-corrected chi connectivity index (χ3v) is 3.67. The van der Waals surface area contributed by atoms with Crippen LogP contribution in [0.2, 0.25) is 0 Å². The molecule has 0 saturated heterocycles. The van der Waals surface area contributed by atoms with Crippen LogP contribution in [0.4, 0.5) is 5.69 Å². The van der Waals surface area contributed by atoms with Crippen molar-refractivity contribution in [3.05, 3.63) is 76.0 Å². The number of ketones is 2. The first-order valence-electron chi connectivity index (χ1n) is 6.86. The molecule has 0 atom stereocenters. The SMILES string of the molecule is Cn1cc(C(=O)C(=O)c2ccccc2)c2cc([N+](=O)[O-])ccc21. The monoisotopic (exact) mass is 308 g/mol. The highest BCUT2D eigenvalue weighted by molar-refractivity contribution is 6.50. The van der Waals surface area contributed by atoms with Gasteiger partial charge in [-0.25, -0.2) is 0 Å². The van der Waals surface area contributed by atoms with Gasteiger partial charge in [0.05, 0.1) is 10.5 Å². The van der Waals surface area contributed by atoms with Gasteiger partial charge in [-0.05, 0) is 6.07 Å². The Labute approximate surface area is 131 Å². The molecule has 3 aromatic rings. The predicted molar refractivity (Wildman–Crippen MR) is 84.7 cm³/mol. The summed E-state index contributed by atoms with van der Waals surface area (Å²) in [5, 5.41) is 11.3. The number of non-ortho nitro benzene ring substituents is 1. The average molecular weight is 308 g/mol. The number of nitro benzene ring substituents is 1. The van der Waals surface area contributed by atoms with Crippen LogP contribution in [0.5, 0.6) is 0 Å². The molecule has 0 unspecified atom stereocenters. The molecule has 0 aliphatic rings. The van der Waals surface area contributed by atoms with Crippen molar-refractivity contribution in [1.82, 2.24) is 4.57 Å². The van der Waals surface area contributed by atoms with Gasteiger partial charge >= 0.3 is 0 Å². The molecule has 0 aliphatic carbocycles. The lowest BCUT2D eigenvalue weighted by atomic mass is 10.0. The summed E-state index contributed by atoms with van der Waals surface area (Å²) in [6, 6.07) is 12.5.